The van der Waals surface area contributed by atoms with Crippen LogP contribution in [0, 0.1) is 6.92 Å². The van der Waals surface area contributed by atoms with Crippen molar-refractivity contribution in [2.75, 3.05) is 6.54 Å². The predicted molar refractivity (Wildman–Crippen MR) is 135 cm³/mol. The van der Waals surface area contributed by atoms with Gasteiger partial charge < -0.3 is 10.2 Å². The highest BCUT2D eigenvalue weighted by Gasteiger charge is 2.41. The molecule has 0 aromatic heterocycles. The number of benzene rings is 2. The van der Waals surface area contributed by atoms with E-state index in [1.54, 1.807) is 19.1 Å². The molecule has 1 atom stereocenters. The molecule has 0 bridgehead atoms. The lowest BCUT2D eigenvalue weighted by molar-refractivity contribution is -0.141. The monoisotopic (exact) mass is 511 g/mol. The molecule has 192 valence electrons. The summed E-state index contributed by atoms with van der Waals surface area (Å²) in [5.41, 5.74) is 2.06. The Morgan fingerprint density at radius 1 is 1.06 bits per heavy atom. The number of hydrogen-bond acceptors (Lipinski definition) is 5. The molecular formula is C27H33N3O5S. The maximum atomic E-state index is 13.4. The summed E-state index contributed by atoms with van der Waals surface area (Å²) in [6.45, 7) is 3.59. The van der Waals surface area contributed by atoms with Crippen LogP contribution in [0.5, 0.6) is 0 Å². The molecule has 1 heterocycles. The van der Waals surface area contributed by atoms with Crippen molar-refractivity contribution in [1.29, 1.82) is 0 Å². The Balaban J connectivity index is 1.49. The molecule has 1 aliphatic heterocycles. The Hall–Kier alpha value is -3.20. The van der Waals surface area contributed by atoms with Gasteiger partial charge in [0.05, 0.1) is 5.56 Å². The second kappa shape index (κ2) is 10.8. The number of hydrogen-bond donors (Lipinski definition) is 1. The van der Waals surface area contributed by atoms with Gasteiger partial charge in [-0.15, -0.1) is 0 Å². The highest BCUT2D eigenvalue weighted by atomic mass is 32.2. The van der Waals surface area contributed by atoms with Crippen molar-refractivity contribution in [2.45, 2.75) is 75.9 Å². The molecule has 0 spiro atoms. The van der Waals surface area contributed by atoms with Crippen LogP contribution in [0.25, 0.3) is 0 Å². The normalized spacial score (nSPS) is 17.9. The van der Waals surface area contributed by atoms with E-state index in [0.717, 1.165) is 41.1 Å². The van der Waals surface area contributed by atoms with Crippen LogP contribution in [0.15, 0.2) is 53.4 Å². The van der Waals surface area contributed by atoms with Crippen molar-refractivity contribution in [3.63, 3.8) is 0 Å². The smallest absolute Gasteiger partial charge is 0.269 e. The molecule has 3 amide bonds. The first-order valence-corrected chi connectivity index (χ1v) is 13.9. The van der Waals surface area contributed by atoms with Gasteiger partial charge in [-0.05, 0) is 44.4 Å². The van der Waals surface area contributed by atoms with Crippen LogP contribution in [-0.4, -0.2) is 54.0 Å². The van der Waals surface area contributed by atoms with Crippen LogP contribution in [0.1, 0.15) is 66.9 Å². The molecule has 4 rings (SSSR count). The first kappa shape index (κ1) is 25.9. The van der Waals surface area contributed by atoms with E-state index >= 15 is 0 Å². The fraction of sp³-hybridized carbons (Fsp3) is 0.444. The van der Waals surface area contributed by atoms with Crippen molar-refractivity contribution in [2.24, 2.45) is 0 Å². The minimum atomic E-state index is -4.00. The number of rotatable bonds is 8. The molecule has 1 fully saturated rings. The number of carbonyl (C=O) groups excluding carboxylic acids is 3. The number of sulfonamides is 1. The fourth-order valence-electron chi connectivity index (χ4n) is 4.83. The van der Waals surface area contributed by atoms with Crippen LogP contribution < -0.4 is 5.32 Å². The summed E-state index contributed by atoms with van der Waals surface area (Å²) in [5, 5.41) is 3.08. The SMILES string of the molecule is Cc1ccc(CN(C(=O)CCN2C(=O)c3ccccc3S2(=O)=O)C(C)C(=O)NC2CCCCC2)cc1. The van der Waals surface area contributed by atoms with Crippen LogP contribution in [-0.2, 0) is 26.2 Å². The third-order valence-electron chi connectivity index (χ3n) is 7.03. The van der Waals surface area contributed by atoms with E-state index in [0.29, 0.717) is 0 Å². The van der Waals surface area contributed by atoms with Gasteiger partial charge in [0.2, 0.25) is 11.8 Å². The maximum Gasteiger partial charge on any atom is 0.269 e. The molecule has 1 unspecified atom stereocenters. The number of aryl methyl sites for hydroxylation is 1. The molecule has 8 nitrogen and oxygen atoms in total. The summed E-state index contributed by atoms with van der Waals surface area (Å²) in [6, 6.07) is 13.1. The molecule has 2 aromatic rings. The van der Waals surface area contributed by atoms with Gasteiger partial charge >= 0.3 is 0 Å². The minimum Gasteiger partial charge on any atom is -0.352 e. The Bertz CT molecular complexity index is 1240. The van der Waals surface area contributed by atoms with Gasteiger partial charge in [0.1, 0.15) is 10.9 Å². The lowest BCUT2D eigenvalue weighted by atomic mass is 9.95. The molecule has 36 heavy (non-hydrogen) atoms. The van der Waals surface area contributed by atoms with Gasteiger partial charge in [-0.1, -0.05) is 61.2 Å². The van der Waals surface area contributed by atoms with Gasteiger partial charge in [-0.25, -0.2) is 12.7 Å². The minimum absolute atomic E-state index is 0.0424. The van der Waals surface area contributed by atoms with E-state index in [1.165, 1.54) is 23.5 Å². The first-order chi connectivity index (χ1) is 17.2. The van der Waals surface area contributed by atoms with Crippen molar-refractivity contribution in [3.05, 3.63) is 65.2 Å². The maximum absolute atomic E-state index is 13.4. The number of nitrogens with zero attached hydrogens (tertiary/aromatic N) is 2. The first-order valence-electron chi connectivity index (χ1n) is 12.5. The number of fused-ring (bicyclic) bond motifs is 1. The number of nitrogens with one attached hydrogen (secondary N) is 1. The zero-order valence-corrected chi connectivity index (χ0v) is 21.6. The van der Waals surface area contributed by atoms with Gasteiger partial charge in [0.25, 0.3) is 15.9 Å². The lowest BCUT2D eigenvalue weighted by Gasteiger charge is -2.31. The Labute approximate surface area is 212 Å². The van der Waals surface area contributed by atoms with Crippen LogP contribution in [0.2, 0.25) is 0 Å². The average molecular weight is 512 g/mol. The highest BCUT2D eigenvalue weighted by Crippen LogP contribution is 2.30. The summed E-state index contributed by atoms with van der Waals surface area (Å²) >= 11 is 0. The van der Waals surface area contributed by atoms with E-state index < -0.39 is 22.0 Å². The predicted octanol–water partition coefficient (Wildman–Crippen LogP) is 3.40. The second-order valence-electron chi connectivity index (χ2n) is 9.66. The molecular weight excluding hydrogens is 478 g/mol. The molecule has 1 saturated carbocycles. The van der Waals surface area contributed by atoms with Crippen molar-refractivity contribution < 1.29 is 22.8 Å². The summed E-state index contributed by atoms with van der Waals surface area (Å²) in [4.78, 5) is 40.7. The van der Waals surface area contributed by atoms with Crippen LogP contribution in [0.4, 0.5) is 0 Å². The van der Waals surface area contributed by atoms with E-state index in [4.69, 9.17) is 0 Å². The number of amides is 3. The quantitative estimate of drug-likeness (QED) is 0.585. The van der Waals surface area contributed by atoms with Crippen molar-refractivity contribution in [1.82, 2.24) is 14.5 Å². The van der Waals surface area contributed by atoms with Gasteiger partial charge in [0.15, 0.2) is 0 Å². The Kier molecular flexibility index (Phi) is 7.78. The fourth-order valence-corrected chi connectivity index (χ4v) is 6.40. The second-order valence-corrected chi connectivity index (χ2v) is 11.5. The van der Waals surface area contributed by atoms with E-state index in [9.17, 15) is 22.8 Å². The Morgan fingerprint density at radius 2 is 1.72 bits per heavy atom. The van der Waals surface area contributed by atoms with E-state index in [2.05, 4.69) is 5.32 Å². The molecule has 0 saturated heterocycles. The van der Waals surface area contributed by atoms with Gasteiger partial charge in [-0.2, -0.15) is 0 Å². The topological polar surface area (TPSA) is 104 Å². The van der Waals surface area contributed by atoms with Crippen LogP contribution in [0.3, 0.4) is 0 Å². The highest BCUT2D eigenvalue weighted by molar-refractivity contribution is 7.90. The molecule has 1 aliphatic carbocycles. The molecule has 2 aliphatic rings. The largest absolute Gasteiger partial charge is 0.352 e. The van der Waals surface area contributed by atoms with E-state index in [1.807, 2.05) is 31.2 Å². The van der Waals surface area contributed by atoms with Crippen LogP contribution >= 0.6 is 0 Å². The van der Waals surface area contributed by atoms with Gasteiger partial charge in [0, 0.05) is 25.6 Å². The number of carbonyl (C=O) groups is 3. The van der Waals surface area contributed by atoms with E-state index in [-0.39, 0.29) is 47.8 Å². The third-order valence-corrected chi connectivity index (χ3v) is 8.87. The summed E-state index contributed by atoms with van der Waals surface area (Å²) in [7, 11) is -4.00. The van der Waals surface area contributed by atoms with Crippen molar-refractivity contribution >= 4 is 27.7 Å². The molecule has 0 radical (unpaired) electrons. The zero-order valence-electron chi connectivity index (χ0n) is 20.8. The molecule has 9 heteroatoms. The zero-order chi connectivity index (χ0) is 25.9. The lowest BCUT2D eigenvalue weighted by Crippen LogP contribution is -2.50. The third kappa shape index (κ3) is 5.46. The molecule has 1 N–H and O–H groups in total. The average Bonchev–Trinajstić information content (AvgIpc) is 3.07. The Morgan fingerprint density at radius 3 is 2.39 bits per heavy atom. The standard InChI is InChI=1S/C27H33N3O5S/c1-19-12-14-21(15-13-19)18-29(20(2)26(32)28-22-8-4-3-5-9-22)25(31)16-17-30-27(33)23-10-6-7-11-24(23)36(30,34)35/h6-7,10-15,20,22H,3-5,8-9,16-18H2,1-2H3,(H,28,32). The molecule has 2 aromatic carbocycles. The van der Waals surface area contributed by atoms with Crippen molar-refractivity contribution in [3.8, 4) is 0 Å². The summed E-state index contributed by atoms with van der Waals surface area (Å²) in [6.07, 6.45) is 4.96. The summed E-state index contributed by atoms with van der Waals surface area (Å²) < 4.78 is 26.5. The van der Waals surface area contributed by atoms with Gasteiger partial charge in [-0.3, -0.25) is 14.4 Å². The summed E-state index contributed by atoms with van der Waals surface area (Å²) in [5.74, 6) is -1.24.